The number of hydrogen-bond acceptors (Lipinski definition) is 4. The molecule has 1 saturated heterocycles. The summed E-state index contributed by atoms with van der Waals surface area (Å²) in [6.45, 7) is 1.89. The van der Waals surface area contributed by atoms with Crippen LogP contribution in [0.25, 0.3) is 6.08 Å². The zero-order valence-electron chi connectivity index (χ0n) is 12.0. The van der Waals surface area contributed by atoms with Crippen LogP contribution < -0.4 is 4.74 Å². The first kappa shape index (κ1) is 14.6. The van der Waals surface area contributed by atoms with Gasteiger partial charge in [-0.15, -0.1) is 0 Å². The van der Waals surface area contributed by atoms with Crippen LogP contribution in [0, 0.1) is 0 Å². The van der Waals surface area contributed by atoms with Crippen molar-refractivity contribution in [2.24, 2.45) is 0 Å². The molecular weight excluding hydrogens is 254 g/mol. The number of para-hydroxylation sites is 1. The first-order chi connectivity index (χ1) is 9.69. The summed E-state index contributed by atoms with van der Waals surface area (Å²) in [5, 5.41) is 0. The molecule has 108 valence electrons. The first-order valence-electron chi connectivity index (χ1n) is 6.89. The lowest BCUT2D eigenvalue weighted by Gasteiger charge is -2.28. The normalized spacial score (nSPS) is 20.0. The Bertz CT molecular complexity index is 484. The highest BCUT2D eigenvalue weighted by molar-refractivity contribution is 5.87. The molecule has 0 radical (unpaired) electrons. The Morgan fingerprint density at radius 1 is 1.40 bits per heavy atom. The highest BCUT2D eigenvalue weighted by atomic mass is 16.5. The number of likely N-dealkylation sites (tertiary alicyclic amines) is 1. The predicted molar refractivity (Wildman–Crippen MR) is 78.6 cm³/mol. The second-order valence-corrected chi connectivity index (χ2v) is 5.04. The van der Waals surface area contributed by atoms with Gasteiger partial charge in [-0.25, -0.2) is 4.79 Å². The van der Waals surface area contributed by atoms with Gasteiger partial charge in [0.1, 0.15) is 11.9 Å². The number of esters is 1. The zero-order chi connectivity index (χ0) is 14.4. The highest BCUT2D eigenvalue weighted by Crippen LogP contribution is 2.19. The van der Waals surface area contributed by atoms with Crippen LogP contribution in [0.3, 0.4) is 0 Å². The number of nitrogens with zero attached hydrogens (tertiary/aromatic N) is 1. The van der Waals surface area contributed by atoms with Gasteiger partial charge in [0.05, 0.1) is 7.11 Å². The third-order valence-corrected chi connectivity index (χ3v) is 3.40. The van der Waals surface area contributed by atoms with Gasteiger partial charge in [-0.1, -0.05) is 18.2 Å². The lowest BCUT2D eigenvalue weighted by molar-refractivity contribution is -0.145. The minimum Gasteiger partial charge on any atom is -0.496 e. The third-order valence-electron chi connectivity index (χ3n) is 3.40. The molecule has 1 atom stereocenters. The standard InChI is InChI=1S/C16H21NO3/c1-17-11-5-7-14(12-17)20-16(18)10-9-13-6-3-4-8-15(13)19-2/h3-4,6,8-10,14H,5,7,11-12H2,1-2H3/t14-/m1/s1. The largest absolute Gasteiger partial charge is 0.496 e. The van der Waals surface area contributed by atoms with Crippen LogP contribution in [-0.4, -0.2) is 44.2 Å². The van der Waals surface area contributed by atoms with Crippen molar-refractivity contribution >= 4 is 12.0 Å². The fourth-order valence-electron chi connectivity index (χ4n) is 2.38. The topological polar surface area (TPSA) is 38.8 Å². The van der Waals surface area contributed by atoms with E-state index in [1.54, 1.807) is 13.2 Å². The molecule has 1 fully saturated rings. The van der Waals surface area contributed by atoms with Gasteiger partial charge >= 0.3 is 5.97 Å². The minimum atomic E-state index is -0.295. The van der Waals surface area contributed by atoms with Crippen molar-refractivity contribution in [2.45, 2.75) is 18.9 Å². The molecule has 1 aromatic rings. The van der Waals surface area contributed by atoms with Gasteiger partial charge in [0.25, 0.3) is 0 Å². The fraction of sp³-hybridized carbons (Fsp3) is 0.438. The molecule has 0 saturated carbocycles. The molecule has 4 heteroatoms. The Morgan fingerprint density at radius 2 is 2.20 bits per heavy atom. The van der Waals surface area contributed by atoms with Gasteiger partial charge in [-0.3, -0.25) is 0 Å². The van der Waals surface area contributed by atoms with Gasteiger partial charge in [-0.2, -0.15) is 0 Å². The molecule has 1 aliphatic rings. The van der Waals surface area contributed by atoms with Crippen LogP contribution in [0.15, 0.2) is 30.3 Å². The van der Waals surface area contributed by atoms with Gasteiger partial charge < -0.3 is 14.4 Å². The van der Waals surface area contributed by atoms with E-state index >= 15 is 0 Å². The summed E-state index contributed by atoms with van der Waals surface area (Å²) in [5.41, 5.74) is 0.868. The molecule has 1 aliphatic heterocycles. The summed E-state index contributed by atoms with van der Waals surface area (Å²) >= 11 is 0. The summed E-state index contributed by atoms with van der Waals surface area (Å²) in [5.74, 6) is 0.449. The summed E-state index contributed by atoms with van der Waals surface area (Å²) in [7, 11) is 3.66. The Morgan fingerprint density at radius 3 is 2.95 bits per heavy atom. The van der Waals surface area contributed by atoms with E-state index in [4.69, 9.17) is 9.47 Å². The fourth-order valence-corrected chi connectivity index (χ4v) is 2.38. The van der Waals surface area contributed by atoms with E-state index < -0.39 is 0 Å². The van der Waals surface area contributed by atoms with Gasteiger partial charge in [0.15, 0.2) is 0 Å². The third kappa shape index (κ3) is 4.10. The molecule has 0 N–H and O–H groups in total. The van der Waals surface area contributed by atoms with Crippen molar-refractivity contribution in [2.75, 3.05) is 27.2 Å². The van der Waals surface area contributed by atoms with Gasteiger partial charge in [0.2, 0.25) is 0 Å². The molecule has 1 heterocycles. The quantitative estimate of drug-likeness (QED) is 0.624. The van der Waals surface area contributed by atoms with E-state index in [1.165, 1.54) is 6.08 Å². The average Bonchev–Trinajstić information content (AvgIpc) is 2.45. The second kappa shape index (κ2) is 7.10. The van der Waals surface area contributed by atoms with Gasteiger partial charge in [-0.05, 0) is 38.6 Å². The van der Waals surface area contributed by atoms with Crippen LogP contribution in [0.4, 0.5) is 0 Å². The van der Waals surface area contributed by atoms with Crippen molar-refractivity contribution in [3.8, 4) is 5.75 Å². The van der Waals surface area contributed by atoms with E-state index in [0.717, 1.165) is 37.2 Å². The van der Waals surface area contributed by atoms with Crippen LogP contribution >= 0.6 is 0 Å². The van der Waals surface area contributed by atoms with Crippen molar-refractivity contribution in [3.63, 3.8) is 0 Å². The summed E-state index contributed by atoms with van der Waals surface area (Å²) in [4.78, 5) is 14.0. The second-order valence-electron chi connectivity index (χ2n) is 5.04. The molecule has 0 aromatic heterocycles. The molecule has 1 aromatic carbocycles. The molecule has 0 spiro atoms. The van der Waals surface area contributed by atoms with Crippen molar-refractivity contribution in [3.05, 3.63) is 35.9 Å². The maximum absolute atomic E-state index is 11.8. The number of methoxy groups -OCH3 is 1. The Balaban J connectivity index is 1.92. The number of benzene rings is 1. The van der Waals surface area contributed by atoms with Crippen molar-refractivity contribution in [1.29, 1.82) is 0 Å². The number of carbonyl (C=O) groups excluding carboxylic acids is 1. The van der Waals surface area contributed by atoms with Gasteiger partial charge in [0, 0.05) is 18.2 Å². The molecule has 0 bridgehead atoms. The minimum absolute atomic E-state index is 0.00330. The van der Waals surface area contributed by atoms with Crippen LogP contribution in [0.2, 0.25) is 0 Å². The average molecular weight is 275 g/mol. The molecule has 0 unspecified atom stereocenters. The van der Waals surface area contributed by atoms with Crippen LogP contribution in [0.5, 0.6) is 5.75 Å². The zero-order valence-corrected chi connectivity index (χ0v) is 12.0. The number of piperidine rings is 1. The van der Waals surface area contributed by atoms with E-state index in [-0.39, 0.29) is 12.1 Å². The smallest absolute Gasteiger partial charge is 0.331 e. The van der Waals surface area contributed by atoms with Crippen LogP contribution in [0.1, 0.15) is 18.4 Å². The van der Waals surface area contributed by atoms with Crippen LogP contribution in [-0.2, 0) is 9.53 Å². The number of likely N-dealkylation sites (N-methyl/N-ethyl adjacent to an activating group) is 1. The molecular formula is C16H21NO3. The number of ether oxygens (including phenoxy) is 2. The van der Waals surface area contributed by atoms with E-state index in [9.17, 15) is 4.79 Å². The van der Waals surface area contributed by atoms with E-state index in [0.29, 0.717) is 0 Å². The molecule has 0 aliphatic carbocycles. The lowest BCUT2D eigenvalue weighted by atomic mass is 10.1. The Kier molecular flexibility index (Phi) is 5.18. The number of carbonyl (C=O) groups is 1. The maximum atomic E-state index is 11.8. The molecule has 0 amide bonds. The Labute approximate surface area is 120 Å². The monoisotopic (exact) mass is 275 g/mol. The molecule has 2 rings (SSSR count). The van der Waals surface area contributed by atoms with E-state index in [1.807, 2.05) is 31.3 Å². The summed E-state index contributed by atoms with van der Waals surface area (Å²) < 4.78 is 10.7. The lowest BCUT2D eigenvalue weighted by Crippen LogP contribution is -2.37. The molecule has 4 nitrogen and oxygen atoms in total. The van der Waals surface area contributed by atoms with E-state index in [2.05, 4.69) is 4.90 Å². The summed E-state index contributed by atoms with van der Waals surface area (Å²) in [6.07, 6.45) is 5.22. The summed E-state index contributed by atoms with van der Waals surface area (Å²) in [6, 6.07) is 7.56. The first-order valence-corrected chi connectivity index (χ1v) is 6.89. The van der Waals surface area contributed by atoms with Crippen molar-refractivity contribution < 1.29 is 14.3 Å². The Hall–Kier alpha value is -1.81. The highest BCUT2D eigenvalue weighted by Gasteiger charge is 2.19. The predicted octanol–water partition coefficient (Wildman–Crippen LogP) is 2.35. The number of rotatable bonds is 4. The van der Waals surface area contributed by atoms with Crippen molar-refractivity contribution in [1.82, 2.24) is 4.90 Å². The maximum Gasteiger partial charge on any atom is 0.331 e. The molecule has 20 heavy (non-hydrogen) atoms. The SMILES string of the molecule is COc1ccccc1C=CC(=O)O[C@@H]1CCCN(C)C1. The number of hydrogen-bond donors (Lipinski definition) is 0.